The largest absolute Gasteiger partial charge is 0.365 e. The lowest BCUT2D eigenvalue weighted by molar-refractivity contribution is -0.115. The minimum Gasteiger partial charge on any atom is -0.365 e. The summed E-state index contributed by atoms with van der Waals surface area (Å²) in [5.41, 5.74) is 7.20. The van der Waals surface area contributed by atoms with Gasteiger partial charge in [-0.3, -0.25) is 14.9 Å². The van der Waals surface area contributed by atoms with Gasteiger partial charge in [-0.05, 0) is 61.0 Å². The molecule has 0 aromatic carbocycles. The van der Waals surface area contributed by atoms with Crippen LogP contribution in [0.25, 0.3) is 6.08 Å². The van der Waals surface area contributed by atoms with Crippen LogP contribution in [0.15, 0.2) is 23.6 Å². The number of thiocarbonyl (C=S) groups is 1. The van der Waals surface area contributed by atoms with Crippen LogP contribution in [0.4, 0.5) is 5.00 Å². The third-order valence-electron chi connectivity index (χ3n) is 4.32. The van der Waals surface area contributed by atoms with Crippen molar-refractivity contribution in [2.45, 2.75) is 38.5 Å². The summed E-state index contributed by atoms with van der Waals surface area (Å²) >= 11 is 8.30. The minimum absolute atomic E-state index is 0.160. The third-order valence-corrected chi connectivity index (χ3v) is 6.57. The number of nitrogens with two attached hydrogens (primary N) is 1. The van der Waals surface area contributed by atoms with Crippen LogP contribution >= 0.6 is 34.9 Å². The summed E-state index contributed by atoms with van der Waals surface area (Å²) in [5, 5.41) is 8.34. The first-order valence-corrected chi connectivity index (χ1v) is 10.9. The molecule has 1 aliphatic rings. The minimum atomic E-state index is -0.456. The Morgan fingerprint density at radius 2 is 1.96 bits per heavy atom. The van der Waals surface area contributed by atoms with Crippen molar-refractivity contribution in [1.29, 1.82) is 0 Å². The van der Waals surface area contributed by atoms with E-state index < -0.39 is 5.91 Å². The summed E-state index contributed by atoms with van der Waals surface area (Å²) in [6.07, 6.45) is 9.51. The van der Waals surface area contributed by atoms with Crippen molar-refractivity contribution in [2.24, 2.45) is 5.73 Å². The second-order valence-corrected chi connectivity index (χ2v) is 8.77. The number of nitrogens with one attached hydrogen (secondary N) is 2. The van der Waals surface area contributed by atoms with E-state index in [1.807, 2.05) is 17.5 Å². The molecule has 2 amide bonds. The first kappa shape index (κ1) is 19.7. The maximum absolute atomic E-state index is 12.0. The van der Waals surface area contributed by atoms with Gasteiger partial charge in [0.2, 0.25) is 5.91 Å². The maximum Gasteiger partial charge on any atom is 0.251 e. The second-order valence-electron chi connectivity index (χ2n) is 6.28. The number of thiophene rings is 2. The van der Waals surface area contributed by atoms with E-state index >= 15 is 0 Å². The van der Waals surface area contributed by atoms with Crippen LogP contribution in [0.5, 0.6) is 0 Å². The Hall–Kier alpha value is -2.03. The summed E-state index contributed by atoms with van der Waals surface area (Å²) in [6.45, 7) is 0. The summed E-state index contributed by atoms with van der Waals surface area (Å²) in [4.78, 5) is 26.2. The number of primary amides is 1. The molecule has 1 aliphatic carbocycles. The van der Waals surface area contributed by atoms with Crippen LogP contribution in [0.3, 0.4) is 0 Å². The van der Waals surface area contributed by atoms with Crippen molar-refractivity contribution in [3.8, 4) is 0 Å². The van der Waals surface area contributed by atoms with Crippen LogP contribution in [0.1, 0.15) is 51.4 Å². The van der Waals surface area contributed by atoms with E-state index in [0.717, 1.165) is 36.1 Å². The molecule has 5 nitrogen and oxygen atoms in total. The number of rotatable bonds is 4. The lowest BCUT2D eigenvalue weighted by Crippen LogP contribution is -2.33. The number of amides is 2. The molecule has 0 saturated heterocycles. The highest BCUT2D eigenvalue weighted by Crippen LogP contribution is 2.36. The van der Waals surface area contributed by atoms with Gasteiger partial charge >= 0.3 is 0 Å². The summed E-state index contributed by atoms with van der Waals surface area (Å²) in [6, 6.07) is 3.84. The number of carbonyl (C=O) groups excluding carboxylic acids is 2. The SMILES string of the molecule is NC(=O)c1c(NC(=S)NC(=O)/C=C/c2cccs2)sc2c1CCCCCC2. The van der Waals surface area contributed by atoms with Gasteiger partial charge in [0.1, 0.15) is 5.00 Å². The Bertz CT molecular complexity index is 869. The lowest BCUT2D eigenvalue weighted by Gasteiger charge is -2.10. The molecular formula is C19H21N3O2S3. The Balaban J connectivity index is 1.70. The van der Waals surface area contributed by atoms with E-state index in [1.165, 1.54) is 35.1 Å². The molecule has 3 rings (SSSR count). The molecule has 0 saturated carbocycles. The standard InChI is InChI=1S/C19H21N3O2S3/c20-17(24)16-13-7-3-1-2-4-8-14(13)27-18(16)22-19(25)21-15(23)10-9-12-6-5-11-26-12/h5-6,9-11H,1-4,7-8H2,(H2,20,24)(H2,21,22,23,25)/b10-9+. The van der Waals surface area contributed by atoms with Crippen LogP contribution in [0.2, 0.25) is 0 Å². The molecule has 0 fully saturated rings. The quantitative estimate of drug-likeness (QED) is 0.515. The smallest absolute Gasteiger partial charge is 0.251 e. The van der Waals surface area contributed by atoms with Crippen LogP contribution in [0, 0.1) is 0 Å². The molecule has 2 heterocycles. The number of aryl methyl sites for hydroxylation is 1. The van der Waals surface area contributed by atoms with E-state index in [9.17, 15) is 9.59 Å². The van der Waals surface area contributed by atoms with Crippen molar-refractivity contribution in [1.82, 2.24) is 5.32 Å². The zero-order valence-electron chi connectivity index (χ0n) is 14.7. The van der Waals surface area contributed by atoms with E-state index in [-0.39, 0.29) is 11.0 Å². The van der Waals surface area contributed by atoms with Crippen molar-refractivity contribution in [3.05, 3.63) is 44.5 Å². The number of carbonyl (C=O) groups is 2. The Morgan fingerprint density at radius 1 is 1.19 bits per heavy atom. The molecule has 0 spiro atoms. The molecule has 0 aliphatic heterocycles. The molecule has 2 aromatic heterocycles. The van der Waals surface area contributed by atoms with Gasteiger partial charge in [0, 0.05) is 15.8 Å². The number of hydrogen-bond donors (Lipinski definition) is 3. The van der Waals surface area contributed by atoms with Gasteiger partial charge in [-0.2, -0.15) is 0 Å². The fourth-order valence-electron chi connectivity index (χ4n) is 3.10. The van der Waals surface area contributed by atoms with E-state index in [0.29, 0.717) is 10.6 Å². The first-order valence-electron chi connectivity index (χ1n) is 8.82. The van der Waals surface area contributed by atoms with Gasteiger partial charge in [-0.1, -0.05) is 18.9 Å². The van der Waals surface area contributed by atoms with Crippen molar-refractivity contribution >= 4 is 62.9 Å². The van der Waals surface area contributed by atoms with Gasteiger partial charge in [0.25, 0.3) is 5.91 Å². The highest BCUT2D eigenvalue weighted by molar-refractivity contribution is 7.80. The average molecular weight is 420 g/mol. The highest BCUT2D eigenvalue weighted by Gasteiger charge is 2.23. The van der Waals surface area contributed by atoms with E-state index in [1.54, 1.807) is 17.4 Å². The monoisotopic (exact) mass is 419 g/mol. The Labute approximate surface area is 171 Å². The van der Waals surface area contributed by atoms with Crippen LogP contribution in [-0.2, 0) is 17.6 Å². The molecule has 8 heteroatoms. The van der Waals surface area contributed by atoms with Gasteiger partial charge < -0.3 is 11.1 Å². The lowest BCUT2D eigenvalue weighted by atomic mass is 9.96. The molecule has 0 bridgehead atoms. The predicted octanol–water partition coefficient (Wildman–Crippen LogP) is 4.09. The fraction of sp³-hybridized carbons (Fsp3) is 0.316. The highest BCUT2D eigenvalue weighted by atomic mass is 32.1. The van der Waals surface area contributed by atoms with Crippen molar-refractivity contribution < 1.29 is 9.59 Å². The number of anilines is 1. The average Bonchev–Trinajstić information content (AvgIpc) is 3.21. The van der Waals surface area contributed by atoms with E-state index in [4.69, 9.17) is 18.0 Å². The second kappa shape index (κ2) is 9.25. The van der Waals surface area contributed by atoms with Gasteiger partial charge in [-0.25, -0.2) is 0 Å². The molecule has 142 valence electrons. The van der Waals surface area contributed by atoms with E-state index in [2.05, 4.69) is 10.6 Å². The van der Waals surface area contributed by atoms with Gasteiger partial charge in [0.05, 0.1) is 5.56 Å². The molecule has 0 atom stereocenters. The third kappa shape index (κ3) is 5.24. The fourth-order valence-corrected chi connectivity index (χ4v) is 5.28. The molecule has 0 radical (unpaired) electrons. The Morgan fingerprint density at radius 3 is 2.67 bits per heavy atom. The number of hydrogen-bond acceptors (Lipinski definition) is 5. The predicted molar refractivity (Wildman–Crippen MR) is 116 cm³/mol. The van der Waals surface area contributed by atoms with Crippen LogP contribution < -0.4 is 16.4 Å². The Kier molecular flexibility index (Phi) is 6.76. The topological polar surface area (TPSA) is 84.2 Å². The van der Waals surface area contributed by atoms with Crippen LogP contribution in [-0.4, -0.2) is 16.9 Å². The molecule has 2 aromatic rings. The summed E-state index contributed by atoms with van der Waals surface area (Å²) < 4.78 is 0. The normalized spacial score (nSPS) is 14.2. The van der Waals surface area contributed by atoms with Gasteiger partial charge in [-0.15, -0.1) is 22.7 Å². The number of fused-ring (bicyclic) bond motifs is 1. The van der Waals surface area contributed by atoms with Gasteiger partial charge in [0.15, 0.2) is 5.11 Å². The molecule has 4 N–H and O–H groups in total. The van der Waals surface area contributed by atoms with Crippen molar-refractivity contribution in [2.75, 3.05) is 5.32 Å². The zero-order valence-corrected chi connectivity index (χ0v) is 17.2. The molecular weight excluding hydrogens is 398 g/mol. The first-order chi connectivity index (χ1) is 13.0. The summed E-state index contributed by atoms with van der Waals surface area (Å²) in [5.74, 6) is -0.779. The molecule has 0 unspecified atom stereocenters. The zero-order chi connectivity index (χ0) is 19.2. The maximum atomic E-state index is 12.0. The molecule has 27 heavy (non-hydrogen) atoms. The van der Waals surface area contributed by atoms with Crippen molar-refractivity contribution in [3.63, 3.8) is 0 Å². The summed E-state index contributed by atoms with van der Waals surface area (Å²) in [7, 11) is 0.